The lowest BCUT2D eigenvalue weighted by atomic mass is 9.88. The highest BCUT2D eigenvalue weighted by Gasteiger charge is 2.48. The maximum absolute atomic E-state index is 15.1. The van der Waals surface area contributed by atoms with E-state index in [9.17, 15) is 31.5 Å². The third-order valence-electron chi connectivity index (χ3n) is 7.64. The van der Waals surface area contributed by atoms with E-state index in [0.717, 1.165) is 38.2 Å². The zero-order chi connectivity index (χ0) is 31.1. The van der Waals surface area contributed by atoms with E-state index in [1.54, 1.807) is 0 Å². The van der Waals surface area contributed by atoms with Crippen LogP contribution in [-0.4, -0.2) is 64.8 Å². The van der Waals surface area contributed by atoms with Crippen LogP contribution in [0.2, 0.25) is 0 Å². The van der Waals surface area contributed by atoms with Crippen molar-refractivity contribution in [2.75, 3.05) is 5.32 Å². The van der Waals surface area contributed by atoms with Gasteiger partial charge in [-0.05, 0) is 63.4 Å². The summed E-state index contributed by atoms with van der Waals surface area (Å²) >= 11 is 0. The Hall–Kier alpha value is -3.92. The minimum Gasteiger partial charge on any atom is -0.339 e. The van der Waals surface area contributed by atoms with Crippen molar-refractivity contribution in [3.8, 4) is 0 Å². The summed E-state index contributed by atoms with van der Waals surface area (Å²) in [5.74, 6) is -2.82. The van der Waals surface area contributed by atoms with Gasteiger partial charge in [0, 0.05) is 18.7 Å². The Morgan fingerprint density at radius 3 is 2.37 bits per heavy atom. The van der Waals surface area contributed by atoms with Gasteiger partial charge in [-0.1, -0.05) is 0 Å². The van der Waals surface area contributed by atoms with Crippen LogP contribution in [0.25, 0.3) is 0 Å². The van der Waals surface area contributed by atoms with Crippen molar-refractivity contribution in [3.05, 3.63) is 42.3 Å². The number of amides is 2. The van der Waals surface area contributed by atoms with E-state index in [0.29, 0.717) is 9.25 Å². The summed E-state index contributed by atoms with van der Waals surface area (Å²) in [4.78, 5) is 27.0. The Kier molecular flexibility index (Phi) is 8.51. The van der Waals surface area contributed by atoms with Crippen LogP contribution in [0.4, 0.5) is 32.0 Å². The molecule has 0 aliphatic heterocycles. The highest BCUT2D eigenvalue weighted by molar-refractivity contribution is 6.00. The first-order chi connectivity index (χ1) is 20.3. The lowest BCUT2D eigenvalue weighted by Gasteiger charge is -2.27. The van der Waals surface area contributed by atoms with Crippen LogP contribution < -0.4 is 10.6 Å². The van der Waals surface area contributed by atoms with Crippen LogP contribution in [0.15, 0.2) is 24.8 Å². The zero-order valence-corrected chi connectivity index (χ0v) is 23.3. The number of carbonyl (C=O) groups is 2. The molecule has 3 aromatic heterocycles. The van der Waals surface area contributed by atoms with Crippen LogP contribution in [0, 0.1) is 23.7 Å². The molecule has 2 N–H and O–H groups in total. The Balaban J connectivity index is 1.41. The summed E-state index contributed by atoms with van der Waals surface area (Å²) < 4.78 is 84.0. The number of carbonyl (C=O) groups excluding carboxylic acids is 2. The number of nitrogens with one attached hydrogen (secondary N) is 2. The lowest BCUT2D eigenvalue weighted by Crippen LogP contribution is -2.50. The molecule has 3 heterocycles. The number of aromatic nitrogens is 7. The van der Waals surface area contributed by atoms with Gasteiger partial charge >= 0.3 is 6.18 Å². The first-order valence-corrected chi connectivity index (χ1v) is 13.9. The van der Waals surface area contributed by atoms with Crippen molar-refractivity contribution in [3.63, 3.8) is 0 Å². The van der Waals surface area contributed by atoms with E-state index in [1.165, 1.54) is 16.9 Å². The predicted molar refractivity (Wildman–Crippen MR) is 138 cm³/mol. The quantitative estimate of drug-likeness (QED) is 0.275. The van der Waals surface area contributed by atoms with Gasteiger partial charge in [0.15, 0.2) is 5.82 Å². The third-order valence-corrected chi connectivity index (χ3v) is 7.64. The standard InChI is InChI=1S/C26H31F6N9O2/c1-13(2)41-17(7-8-34-41)24(42)36-21(20(14-3-4-14)15-5-6-15)25(43)35-16-10-40(38-22(16)29)18(9-19(27)28)23-37-33-12-39(23)11-26(30,31)32/h7-8,10,12-15,18-21H,3-6,9,11H2,1-2H3,(H,35,43)(H,36,42)/t18-,21-/m0/s1. The van der Waals surface area contributed by atoms with Gasteiger partial charge in [-0.2, -0.15) is 22.7 Å². The van der Waals surface area contributed by atoms with E-state index < -0.39 is 66.9 Å². The topological polar surface area (TPSA) is 125 Å². The van der Waals surface area contributed by atoms with Gasteiger partial charge in [-0.3, -0.25) is 19.0 Å². The predicted octanol–water partition coefficient (Wildman–Crippen LogP) is 4.37. The second-order valence-electron chi connectivity index (χ2n) is 11.3. The fraction of sp³-hybridized carbons (Fsp3) is 0.615. The van der Waals surface area contributed by atoms with Crippen LogP contribution in [0.3, 0.4) is 0 Å². The maximum Gasteiger partial charge on any atom is 0.406 e. The summed E-state index contributed by atoms with van der Waals surface area (Å²) in [5.41, 5.74) is -0.238. The minimum atomic E-state index is -4.70. The summed E-state index contributed by atoms with van der Waals surface area (Å²) in [6.07, 6.45) is -2.11. The molecular weight excluding hydrogens is 584 g/mol. The monoisotopic (exact) mass is 615 g/mol. The molecule has 2 atom stereocenters. The van der Waals surface area contributed by atoms with Crippen molar-refractivity contribution in [2.24, 2.45) is 17.8 Å². The molecule has 0 aromatic carbocycles. The Morgan fingerprint density at radius 1 is 1.12 bits per heavy atom. The highest BCUT2D eigenvalue weighted by atomic mass is 19.4. The smallest absolute Gasteiger partial charge is 0.339 e. The maximum atomic E-state index is 15.1. The van der Waals surface area contributed by atoms with Gasteiger partial charge in [0.25, 0.3) is 11.9 Å². The van der Waals surface area contributed by atoms with Crippen LogP contribution in [0.1, 0.15) is 74.3 Å². The van der Waals surface area contributed by atoms with Crippen LogP contribution >= 0.6 is 0 Å². The van der Waals surface area contributed by atoms with Gasteiger partial charge < -0.3 is 15.2 Å². The van der Waals surface area contributed by atoms with Gasteiger partial charge in [0.1, 0.15) is 36.3 Å². The van der Waals surface area contributed by atoms with Crippen molar-refractivity contribution < 1.29 is 35.9 Å². The largest absolute Gasteiger partial charge is 0.406 e. The van der Waals surface area contributed by atoms with Crippen molar-refractivity contribution >= 4 is 17.5 Å². The van der Waals surface area contributed by atoms with Gasteiger partial charge in [-0.15, -0.1) is 15.3 Å². The number of hydrogen-bond acceptors (Lipinski definition) is 6. The Bertz CT molecular complexity index is 1430. The molecular formula is C26H31F6N9O2. The van der Waals surface area contributed by atoms with Gasteiger partial charge in [0.2, 0.25) is 12.3 Å². The van der Waals surface area contributed by atoms with Gasteiger partial charge in [0.05, 0.1) is 6.20 Å². The van der Waals surface area contributed by atoms with E-state index >= 15 is 4.39 Å². The van der Waals surface area contributed by atoms with E-state index in [2.05, 4.69) is 31.0 Å². The molecule has 2 aliphatic carbocycles. The Morgan fingerprint density at radius 2 is 1.79 bits per heavy atom. The molecule has 234 valence electrons. The second kappa shape index (κ2) is 12.0. The van der Waals surface area contributed by atoms with E-state index in [1.807, 2.05) is 13.8 Å². The fourth-order valence-corrected chi connectivity index (χ4v) is 5.51. The third kappa shape index (κ3) is 7.18. The molecule has 2 aliphatic rings. The minimum absolute atomic E-state index is 0.131. The number of hydrogen-bond donors (Lipinski definition) is 2. The number of alkyl halides is 5. The average molecular weight is 616 g/mol. The zero-order valence-electron chi connectivity index (χ0n) is 23.3. The van der Waals surface area contributed by atoms with Crippen molar-refractivity contribution in [1.29, 1.82) is 0 Å². The van der Waals surface area contributed by atoms with E-state index in [4.69, 9.17) is 0 Å². The molecule has 11 nitrogen and oxygen atoms in total. The highest BCUT2D eigenvalue weighted by Crippen LogP contribution is 2.51. The number of nitrogens with zero attached hydrogens (tertiary/aromatic N) is 7. The Labute approximate surface area is 242 Å². The molecule has 2 saturated carbocycles. The lowest BCUT2D eigenvalue weighted by molar-refractivity contribution is -0.141. The molecule has 0 radical (unpaired) electrons. The molecule has 2 fully saturated rings. The van der Waals surface area contributed by atoms with Crippen molar-refractivity contribution in [2.45, 2.75) is 83.2 Å². The normalized spacial score (nSPS) is 17.1. The summed E-state index contributed by atoms with van der Waals surface area (Å²) in [7, 11) is 0. The average Bonchev–Trinajstić information content (AvgIpc) is 3.80. The number of anilines is 1. The summed E-state index contributed by atoms with van der Waals surface area (Å²) in [6, 6.07) is -1.27. The first-order valence-electron chi connectivity index (χ1n) is 13.9. The number of halogens is 6. The first kappa shape index (κ1) is 30.5. The van der Waals surface area contributed by atoms with Crippen molar-refractivity contribution in [1.82, 2.24) is 39.6 Å². The summed E-state index contributed by atoms with van der Waals surface area (Å²) in [5, 5.41) is 20.0. The number of rotatable bonds is 13. The van der Waals surface area contributed by atoms with E-state index in [-0.39, 0.29) is 29.5 Å². The fourth-order valence-electron chi connectivity index (χ4n) is 5.51. The molecule has 0 saturated heterocycles. The van der Waals surface area contributed by atoms with Gasteiger partial charge in [-0.25, -0.2) is 8.78 Å². The molecule has 3 aromatic rings. The molecule has 2 amide bonds. The molecule has 0 bridgehead atoms. The second-order valence-corrected chi connectivity index (χ2v) is 11.3. The molecule has 5 rings (SSSR count). The van der Waals surface area contributed by atoms with Crippen LogP contribution in [-0.2, 0) is 11.3 Å². The molecule has 17 heteroatoms. The van der Waals surface area contributed by atoms with Crippen LogP contribution in [0.5, 0.6) is 0 Å². The molecule has 43 heavy (non-hydrogen) atoms. The molecule has 0 unspecified atom stereocenters. The molecule has 0 spiro atoms. The summed E-state index contributed by atoms with van der Waals surface area (Å²) in [6.45, 7) is 2.14. The SMILES string of the molecule is CC(C)n1nccc1C(=O)N[C@H](C(=O)Nc1cn([C@@H](CC(F)F)c2nncn2CC(F)(F)F)nc1F)C(C1CC1)C1CC1.